The molecule has 0 fully saturated rings. The van der Waals surface area contributed by atoms with Crippen LogP contribution < -0.4 is 8.11 Å². The maximum absolute atomic E-state index is 12.6. The van der Waals surface area contributed by atoms with E-state index in [0.717, 1.165) is 50.9 Å². The molecule has 10 heteroatoms. The molecular formula is C26H14Cl2O2S6. The van der Waals surface area contributed by atoms with Crippen LogP contribution in [0.5, 0.6) is 0 Å². The van der Waals surface area contributed by atoms with Crippen molar-refractivity contribution in [3.8, 4) is 0 Å². The average Bonchev–Trinajstić information content (AvgIpc) is 3.46. The van der Waals surface area contributed by atoms with E-state index in [1.165, 1.54) is 56.5 Å². The fourth-order valence-corrected chi connectivity index (χ4v) is 12.0. The molecule has 2 nitrogen and oxygen atoms in total. The van der Waals surface area contributed by atoms with Gasteiger partial charge in [-0.2, -0.15) is 0 Å². The fourth-order valence-electron chi connectivity index (χ4n) is 3.98. The Morgan fingerprint density at radius 1 is 0.556 bits per heavy atom. The van der Waals surface area contributed by atoms with E-state index in [0.29, 0.717) is 10.0 Å². The number of thioether (sulfide) groups is 2. The highest BCUT2D eigenvalue weighted by Gasteiger charge is 2.25. The summed E-state index contributed by atoms with van der Waals surface area (Å²) in [5.41, 5.74) is 2.34. The van der Waals surface area contributed by atoms with Gasteiger partial charge in [-0.25, -0.2) is 0 Å². The van der Waals surface area contributed by atoms with Crippen molar-refractivity contribution in [3.05, 3.63) is 99.5 Å². The number of rotatable bonds is 6. The van der Waals surface area contributed by atoms with E-state index in [1.54, 1.807) is 23.5 Å². The smallest absolute Gasteiger partial charge is 0.265 e. The Labute approximate surface area is 240 Å². The fraction of sp³-hybridized carbons (Fsp3) is 0.0769. The highest BCUT2D eigenvalue weighted by atomic mass is 35.5. The van der Waals surface area contributed by atoms with Gasteiger partial charge in [-0.05, 0) is 11.1 Å². The van der Waals surface area contributed by atoms with Gasteiger partial charge in [0.05, 0.1) is 28.8 Å². The first-order chi connectivity index (χ1) is 17.5. The number of hydrogen-bond acceptors (Lipinski definition) is 8. The summed E-state index contributed by atoms with van der Waals surface area (Å²) in [6.45, 7) is 0. The minimum Gasteiger partial charge on any atom is -0.265 e. The SMILES string of the molecule is O=c1sc2c(SCc3ccccc3)c(Cl)c3c4sc(=O)sc4c(SCc4ccccc4)c(Cl)c3c2s1. The third-order valence-electron chi connectivity index (χ3n) is 5.56. The van der Waals surface area contributed by atoms with Crippen molar-refractivity contribution in [1.29, 1.82) is 0 Å². The first-order valence-corrected chi connectivity index (χ1v) is 16.7. The molecule has 0 saturated heterocycles. The Morgan fingerprint density at radius 2 is 0.917 bits per heavy atom. The molecular weight excluding hydrogens is 608 g/mol. The summed E-state index contributed by atoms with van der Waals surface area (Å²) in [6.07, 6.45) is 0. The summed E-state index contributed by atoms with van der Waals surface area (Å²) in [7, 11) is 0. The van der Waals surface area contributed by atoms with Crippen LogP contribution in [0.3, 0.4) is 0 Å². The molecule has 0 amide bonds. The van der Waals surface area contributed by atoms with E-state index in [-0.39, 0.29) is 8.11 Å². The lowest BCUT2D eigenvalue weighted by atomic mass is 10.1. The van der Waals surface area contributed by atoms with Gasteiger partial charge in [-0.3, -0.25) is 9.59 Å². The van der Waals surface area contributed by atoms with Crippen molar-refractivity contribution in [2.45, 2.75) is 21.3 Å². The number of benzene rings is 4. The van der Waals surface area contributed by atoms with Crippen LogP contribution in [0.25, 0.3) is 29.6 Å². The zero-order valence-electron chi connectivity index (χ0n) is 18.2. The van der Waals surface area contributed by atoms with Crippen molar-refractivity contribution >= 4 is 122 Å². The Hall–Kier alpha value is -1.36. The van der Waals surface area contributed by atoms with E-state index < -0.39 is 0 Å². The van der Waals surface area contributed by atoms with Crippen LogP contribution in [-0.4, -0.2) is 0 Å². The maximum Gasteiger partial charge on any atom is 0.288 e. The number of halogens is 2. The molecule has 0 atom stereocenters. The van der Waals surface area contributed by atoms with E-state index in [2.05, 4.69) is 24.3 Å². The summed E-state index contributed by atoms with van der Waals surface area (Å²) in [4.78, 5) is 27.0. The van der Waals surface area contributed by atoms with E-state index in [4.69, 9.17) is 23.2 Å². The maximum atomic E-state index is 12.6. The highest BCUT2D eigenvalue weighted by Crippen LogP contribution is 2.53. The second-order valence-electron chi connectivity index (χ2n) is 7.81. The minimum atomic E-state index is 0.00304. The Balaban J connectivity index is 1.59. The molecule has 0 bridgehead atoms. The molecule has 0 aliphatic heterocycles. The van der Waals surface area contributed by atoms with Gasteiger partial charge < -0.3 is 0 Å². The van der Waals surface area contributed by atoms with Crippen LogP contribution in [0, 0.1) is 0 Å². The number of hydrogen-bond donors (Lipinski definition) is 0. The summed E-state index contributed by atoms with van der Waals surface area (Å²) in [6, 6.07) is 20.3. The van der Waals surface area contributed by atoms with Crippen molar-refractivity contribution in [3.63, 3.8) is 0 Å². The quantitative estimate of drug-likeness (QED) is 0.173. The predicted molar refractivity (Wildman–Crippen MR) is 165 cm³/mol. The minimum absolute atomic E-state index is 0.00304. The molecule has 6 rings (SSSR count). The van der Waals surface area contributed by atoms with Crippen LogP contribution in [0.2, 0.25) is 10.0 Å². The van der Waals surface area contributed by atoms with Gasteiger partial charge >= 0.3 is 0 Å². The van der Waals surface area contributed by atoms with E-state index in [1.807, 2.05) is 36.4 Å². The lowest BCUT2D eigenvalue weighted by Crippen LogP contribution is -1.88. The zero-order valence-corrected chi connectivity index (χ0v) is 24.6. The molecule has 180 valence electrons. The molecule has 2 aromatic heterocycles. The predicted octanol–water partition coefficient (Wildman–Crippen LogP) is 10.0. The topological polar surface area (TPSA) is 34.1 Å². The normalized spacial score (nSPS) is 11.7. The monoisotopic (exact) mass is 620 g/mol. The summed E-state index contributed by atoms with van der Waals surface area (Å²) in [5.74, 6) is 1.44. The van der Waals surface area contributed by atoms with Crippen molar-refractivity contribution in [1.82, 2.24) is 0 Å². The molecule has 36 heavy (non-hydrogen) atoms. The second-order valence-corrected chi connectivity index (χ2v) is 15.0. The second kappa shape index (κ2) is 10.4. The molecule has 0 unspecified atom stereocenters. The number of fused-ring (bicyclic) bond motifs is 5. The molecule has 6 aromatic rings. The lowest BCUT2D eigenvalue weighted by molar-refractivity contribution is 1.40. The summed E-state index contributed by atoms with van der Waals surface area (Å²) >= 11 is 22.3. The van der Waals surface area contributed by atoms with Gasteiger partial charge in [0.15, 0.2) is 0 Å². The van der Waals surface area contributed by atoms with E-state index in [9.17, 15) is 9.59 Å². The van der Waals surface area contributed by atoms with Crippen LogP contribution in [0.15, 0.2) is 80.0 Å². The van der Waals surface area contributed by atoms with Crippen LogP contribution >= 0.6 is 92.1 Å². The van der Waals surface area contributed by atoms with Crippen LogP contribution in [0.1, 0.15) is 11.1 Å². The standard InChI is InChI=1S/C26H14Cl2O2S6/c27-17-15-16(19-23(35-25(29)33-19)21(17)31-11-13-7-3-1-4-8-13)18(28)22(24-20(15)34-26(30)36-24)32-12-14-9-5-2-6-10-14/h1-10H,11-12H2. The Kier molecular flexibility index (Phi) is 7.22. The zero-order chi connectivity index (χ0) is 24.8. The third kappa shape index (κ3) is 4.56. The van der Waals surface area contributed by atoms with E-state index >= 15 is 0 Å². The Morgan fingerprint density at radius 3 is 1.31 bits per heavy atom. The molecule has 0 aliphatic rings. The molecule has 2 heterocycles. The highest BCUT2D eigenvalue weighted by molar-refractivity contribution is 7.99. The molecule has 0 aliphatic carbocycles. The first kappa shape index (κ1) is 24.9. The van der Waals surface area contributed by atoms with Crippen molar-refractivity contribution in [2.24, 2.45) is 0 Å². The molecule has 0 N–H and O–H groups in total. The largest absolute Gasteiger partial charge is 0.288 e. The van der Waals surface area contributed by atoms with Gasteiger partial charge in [0.2, 0.25) is 0 Å². The third-order valence-corrected chi connectivity index (χ3v) is 13.5. The first-order valence-electron chi connectivity index (χ1n) is 10.7. The Bertz CT molecular complexity index is 1720. The van der Waals surface area contributed by atoms with Gasteiger partial charge in [-0.15, -0.1) is 23.5 Å². The average molecular weight is 622 g/mol. The van der Waals surface area contributed by atoms with Gasteiger partial charge in [-0.1, -0.05) is 129 Å². The lowest BCUT2D eigenvalue weighted by Gasteiger charge is -2.15. The molecule has 0 spiro atoms. The summed E-state index contributed by atoms with van der Waals surface area (Å²) in [5, 5.41) is 2.68. The van der Waals surface area contributed by atoms with Crippen molar-refractivity contribution in [2.75, 3.05) is 0 Å². The van der Waals surface area contributed by atoms with Crippen molar-refractivity contribution < 1.29 is 0 Å². The molecule has 0 radical (unpaired) electrons. The van der Waals surface area contributed by atoms with Crippen LogP contribution in [-0.2, 0) is 11.5 Å². The van der Waals surface area contributed by atoms with Crippen LogP contribution in [0.4, 0.5) is 0 Å². The summed E-state index contributed by atoms with van der Waals surface area (Å²) < 4.78 is 3.43. The molecule has 4 aromatic carbocycles. The van der Waals surface area contributed by atoms with Gasteiger partial charge in [0.25, 0.3) is 8.11 Å². The van der Waals surface area contributed by atoms with Gasteiger partial charge in [0, 0.05) is 32.1 Å². The molecule has 0 saturated carbocycles. The van der Waals surface area contributed by atoms with Gasteiger partial charge in [0.1, 0.15) is 0 Å².